The van der Waals surface area contributed by atoms with Crippen molar-refractivity contribution in [1.82, 2.24) is 4.31 Å². The first kappa shape index (κ1) is 14.6. The molecule has 5 rings (SSSR count). The van der Waals surface area contributed by atoms with E-state index in [1.54, 1.807) is 0 Å². The zero-order valence-electron chi connectivity index (χ0n) is 12.7. The predicted molar refractivity (Wildman–Crippen MR) is 83.9 cm³/mol. The van der Waals surface area contributed by atoms with E-state index in [0.717, 1.165) is 37.0 Å². The average Bonchev–Trinajstić information content (AvgIpc) is 2.76. The Hall–Kier alpha value is 0.0600. The van der Waals surface area contributed by atoms with Crippen LogP contribution in [0, 0.1) is 17.8 Å². The Morgan fingerprint density at radius 2 is 1.57 bits per heavy atom. The van der Waals surface area contributed by atoms with Gasteiger partial charge in [-0.1, -0.05) is 0 Å². The Bertz CT molecular complexity index is 536. The SMILES string of the molecule is CN([C@H]1CCS(=O)(=O)C1)[S@](=O)C12CC3CC(CC(C3)C1)C2. The topological polar surface area (TPSA) is 54.5 Å². The van der Waals surface area contributed by atoms with Crippen LogP contribution < -0.4 is 0 Å². The minimum absolute atomic E-state index is 0.0319. The van der Waals surface area contributed by atoms with Crippen molar-refractivity contribution in [3.8, 4) is 0 Å². The first-order valence-electron chi connectivity index (χ1n) is 8.22. The van der Waals surface area contributed by atoms with Crippen LogP contribution in [-0.2, 0) is 20.8 Å². The summed E-state index contributed by atoms with van der Waals surface area (Å²) >= 11 is 0. The Morgan fingerprint density at radius 3 is 2.00 bits per heavy atom. The molecule has 5 fully saturated rings. The lowest BCUT2D eigenvalue weighted by Gasteiger charge is -2.56. The fourth-order valence-corrected chi connectivity index (χ4v) is 9.81. The van der Waals surface area contributed by atoms with Gasteiger partial charge in [-0.15, -0.1) is 0 Å². The van der Waals surface area contributed by atoms with E-state index >= 15 is 0 Å². The summed E-state index contributed by atoms with van der Waals surface area (Å²) in [5.74, 6) is 2.80. The summed E-state index contributed by atoms with van der Waals surface area (Å²) in [5.41, 5.74) is 0. The van der Waals surface area contributed by atoms with Crippen LogP contribution in [0.4, 0.5) is 0 Å². The summed E-state index contributed by atoms with van der Waals surface area (Å²) in [7, 11) is -2.04. The van der Waals surface area contributed by atoms with E-state index in [9.17, 15) is 12.6 Å². The molecule has 4 nitrogen and oxygen atoms in total. The molecule has 0 aromatic rings. The third kappa shape index (κ3) is 2.41. The summed E-state index contributed by atoms with van der Waals surface area (Å²) in [4.78, 5) is 0. The maximum atomic E-state index is 13.2. The molecule has 1 saturated heterocycles. The molecule has 4 bridgehead atoms. The van der Waals surface area contributed by atoms with Crippen LogP contribution in [0.3, 0.4) is 0 Å². The molecular formula is C15H25NO3S2. The van der Waals surface area contributed by atoms with Gasteiger partial charge in [0.2, 0.25) is 0 Å². The van der Waals surface area contributed by atoms with Gasteiger partial charge in [0.1, 0.15) is 11.0 Å². The largest absolute Gasteiger partial charge is 0.242 e. The highest BCUT2D eigenvalue weighted by atomic mass is 32.2. The van der Waals surface area contributed by atoms with E-state index in [2.05, 4.69) is 0 Å². The van der Waals surface area contributed by atoms with Crippen molar-refractivity contribution in [1.29, 1.82) is 0 Å². The summed E-state index contributed by atoms with van der Waals surface area (Å²) in [5, 5.41) is 0. The lowest BCUT2D eigenvalue weighted by atomic mass is 9.56. The van der Waals surface area contributed by atoms with Crippen molar-refractivity contribution in [2.24, 2.45) is 17.8 Å². The van der Waals surface area contributed by atoms with Crippen LogP contribution in [0.1, 0.15) is 44.9 Å². The Balaban J connectivity index is 1.54. The molecule has 0 radical (unpaired) electrons. The number of hydrogen-bond donors (Lipinski definition) is 0. The minimum atomic E-state index is -2.91. The zero-order valence-corrected chi connectivity index (χ0v) is 14.3. The van der Waals surface area contributed by atoms with E-state index < -0.39 is 20.8 Å². The maximum Gasteiger partial charge on any atom is 0.151 e. The smallest absolute Gasteiger partial charge is 0.151 e. The molecule has 1 heterocycles. The summed E-state index contributed by atoms with van der Waals surface area (Å²) in [6, 6.07) is -0.0381. The second-order valence-electron chi connectivity index (χ2n) is 7.95. The molecule has 4 aliphatic carbocycles. The van der Waals surface area contributed by atoms with Gasteiger partial charge in [0.15, 0.2) is 9.84 Å². The molecule has 0 aromatic carbocycles. The lowest BCUT2D eigenvalue weighted by molar-refractivity contribution is 0.0339. The summed E-state index contributed by atoms with van der Waals surface area (Å²) < 4.78 is 38.5. The monoisotopic (exact) mass is 331 g/mol. The Kier molecular flexibility index (Phi) is 3.33. The quantitative estimate of drug-likeness (QED) is 0.791. The van der Waals surface area contributed by atoms with Gasteiger partial charge in [-0.05, 0) is 62.7 Å². The lowest BCUT2D eigenvalue weighted by Crippen LogP contribution is -2.56. The van der Waals surface area contributed by atoms with Gasteiger partial charge >= 0.3 is 0 Å². The molecule has 6 heteroatoms. The molecule has 0 spiro atoms. The van der Waals surface area contributed by atoms with Crippen LogP contribution in [0.2, 0.25) is 0 Å². The van der Waals surface area contributed by atoms with Gasteiger partial charge in [-0.2, -0.15) is 0 Å². The van der Waals surface area contributed by atoms with Gasteiger partial charge in [0.25, 0.3) is 0 Å². The van der Waals surface area contributed by atoms with Crippen molar-refractivity contribution >= 4 is 20.8 Å². The third-order valence-electron chi connectivity index (χ3n) is 6.34. The number of rotatable bonds is 3. The molecule has 2 atom stereocenters. The fourth-order valence-electron chi connectivity index (χ4n) is 5.75. The first-order valence-corrected chi connectivity index (χ1v) is 11.1. The molecular weight excluding hydrogens is 306 g/mol. The molecule has 0 unspecified atom stereocenters. The molecule has 1 aliphatic heterocycles. The molecule has 5 aliphatic rings. The molecule has 21 heavy (non-hydrogen) atoms. The van der Waals surface area contributed by atoms with Gasteiger partial charge in [-0.3, -0.25) is 0 Å². The highest BCUT2D eigenvalue weighted by Gasteiger charge is 2.55. The fraction of sp³-hybridized carbons (Fsp3) is 1.00. The number of hydrogen-bond acceptors (Lipinski definition) is 3. The van der Waals surface area contributed by atoms with Gasteiger partial charge in [0.05, 0.1) is 16.3 Å². The molecule has 0 amide bonds. The highest BCUT2D eigenvalue weighted by Crippen LogP contribution is 2.58. The maximum absolute atomic E-state index is 13.2. The van der Waals surface area contributed by atoms with Crippen molar-refractivity contribution in [3.63, 3.8) is 0 Å². The van der Waals surface area contributed by atoms with E-state index in [1.807, 2.05) is 11.4 Å². The predicted octanol–water partition coefficient (Wildman–Crippen LogP) is 1.74. The molecule has 120 valence electrons. The van der Waals surface area contributed by atoms with E-state index in [4.69, 9.17) is 0 Å². The van der Waals surface area contributed by atoms with Crippen molar-refractivity contribution in [2.45, 2.75) is 55.7 Å². The van der Waals surface area contributed by atoms with Crippen molar-refractivity contribution in [3.05, 3.63) is 0 Å². The third-order valence-corrected chi connectivity index (χ3v) is 10.1. The van der Waals surface area contributed by atoms with Crippen LogP contribution in [0.15, 0.2) is 0 Å². The Labute approximate surface area is 130 Å². The molecule has 4 saturated carbocycles. The van der Waals surface area contributed by atoms with Gasteiger partial charge in [-0.25, -0.2) is 16.9 Å². The first-order chi connectivity index (χ1) is 9.87. The van der Waals surface area contributed by atoms with Gasteiger partial charge < -0.3 is 0 Å². The van der Waals surface area contributed by atoms with Crippen LogP contribution in [-0.4, -0.2) is 46.3 Å². The molecule has 0 aromatic heterocycles. The van der Waals surface area contributed by atoms with Gasteiger partial charge in [0, 0.05) is 13.1 Å². The van der Waals surface area contributed by atoms with Crippen LogP contribution in [0.5, 0.6) is 0 Å². The zero-order chi connectivity index (χ0) is 14.8. The highest BCUT2D eigenvalue weighted by molar-refractivity contribution is 7.91. The normalized spacial score (nSPS) is 48.9. The minimum Gasteiger partial charge on any atom is -0.242 e. The van der Waals surface area contributed by atoms with E-state index in [-0.39, 0.29) is 22.3 Å². The van der Waals surface area contributed by atoms with Crippen molar-refractivity contribution in [2.75, 3.05) is 18.6 Å². The number of sulfone groups is 1. The second-order valence-corrected chi connectivity index (χ2v) is 12.1. The second kappa shape index (κ2) is 4.78. The van der Waals surface area contributed by atoms with Crippen molar-refractivity contribution < 1.29 is 12.6 Å². The standard InChI is InChI=1S/C15H25NO3S2/c1-16(14-2-3-21(18,19)10-14)20(17)15-7-11-4-12(8-15)6-13(5-11)9-15/h11-14H,2-10H2,1H3/t11?,12?,13?,14-,15?,20+/m0/s1. The Morgan fingerprint density at radius 1 is 1.05 bits per heavy atom. The summed E-state index contributed by atoms with van der Waals surface area (Å²) in [6.07, 6.45) is 8.01. The van der Waals surface area contributed by atoms with Crippen LogP contribution >= 0.6 is 0 Å². The van der Waals surface area contributed by atoms with E-state index in [1.165, 1.54) is 19.3 Å². The molecule has 0 N–H and O–H groups in total. The average molecular weight is 332 g/mol. The van der Waals surface area contributed by atoms with Crippen LogP contribution in [0.25, 0.3) is 0 Å². The number of nitrogens with zero attached hydrogens (tertiary/aromatic N) is 1. The van der Waals surface area contributed by atoms with E-state index in [0.29, 0.717) is 6.42 Å². The summed E-state index contributed by atoms with van der Waals surface area (Å²) in [6.45, 7) is 0.